The maximum absolute atomic E-state index is 11.3. The van der Waals surface area contributed by atoms with Gasteiger partial charge in [-0.2, -0.15) is 0 Å². The van der Waals surface area contributed by atoms with E-state index in [1.54, 1.807) is 7.05 Å². The van der Waals surface area contributed by atoms with E-state index in [4.69, 9.17) is 0 Å². The van der Waals surface area contributed by atoms with Gasteiger partial charge < -0.3 is 10.6 Å². The van der Waals surface area contributed by atoms with Gasteiger partial charge in [-0.3, -0.25) is 9.69 Å². The van der Waals surface area contributed by atoms with Crippen molar-refractivity contribution in [1.82, 2.24) is 15.5 Å². The number of nitrogens with one attached hydrogen (secondary N) is 2. The largest absolute Gasteiger partial charge is 0.358 e. The van der Waals surface area contributed by atoms with Crippen LogP contribution >= 0.6 is 0 Å². The molecule has 118 valence electrons. The Morgan fingerprint density at radius 1 is 1.25 bits per heavy atom. The molecule has 1 saturated heterocycles. The van der Waals surface area contributed by atoms with Crippen molar-refractivity contribution in [3.63, 3.8) is 0 Å². The Kier molecular flexibility index (Phi) is 8.86. The lowest BCUT2D eigenvalue weighted by Gasteiger charge is -2.33. The molecule has 2 N–H and O–H groups in total. The standard InChI is InChI=1S/C16H33N3O/c1-4-5-6-7-8-14(2)18-15-9-11-19(12-10-15)13-16(20)17-3/h14-15,18H,4-13H2,1-3H3,(H,17,20). The molecule has 1 aliphatic heterocycles. The summed E-state index contributed by atoms with van der Waals surface area (Å²) in [5, 5.41) is 6.45. The van der Waals surface area contributed by atoms with Gasteiger partial charge in [0.05, 0.1) is 6.54 Å². The maximum atomic E-state index is 11.3. The summed E-state index contributed by atoms with van der Waals surface area (Å²) in [4.78, 5) is 13.6. The third-order valence-electron chi connectivity index (χ3n) is 4.24. The summed E-state index contributed by atoms with van der Waals surface area (Å²) in [6, 6.07) is 1.26. The van der Waals surface area contributed by atoms with E-state index in [2.05, 4.69) is 29.4 Å². The average Bonchev–Trinajstić information content (AvgIpc) is 2.45. The van der Waals surface area contributed by atoms with E-state index in [1.165, 1.54) is 32.1 Å². The van der Waals surface area contributed by atoms with E-state index in [9.17, 15) is 4.79 Å². The average molecular weight is 283 g/mol. The van der Waals surface area contributed by atoms with Crippen LogP contribution in [-0.4, -0.2) is 49.6 Å². The lowest BCUT2D eigenvalue weighted by Crippen LogP contribution is -2.47. The monoisotopic (exact) mass is 283 g/mol. The lowest BCUT2D eigenvalue weighted by molar-refractivity contribution is -0.122. The Labute approximate surface area is 124 Å². The second-order valence-corrected chi connectivity index (χ2v) is 6.14. The van der Waals surface area contributed by atoms with Crippen LogP contribution in [0.15, 0.2) is 0 Å². The maximum Gasteiger partial charge on any atom is 0.233 e. The van der Waals surface area contributed by atoms with Crippen LogP contribution in [0.25, 0.3) is 0 Å². The summed E-state index contributed by atoms with van der Waals surface area (Å²) in [6.07, 6.45) is 9.01. The summed E-state index contributed by atoms with van der Waals surface area (Å²) in [5.74, 6) is 0.126. The Hall–Kier alpha value is -0.610. The number of nitrogens with zero attached hydrogens (tertiary/aromatic N) is 1. The predicted molar refractivity (Wildman–Crippen MR) is 84.9 cm³/mol. The minimum Gasteiger partial charge on any atom is -0.358 e. The summed E-state index contributed by atoms with van der Waals surface area (Å²) in [6.45, 7) is 7.19. The Morgan fingerprint density at radius 3 is 2.55 bits per heavy atom. The first kappa shape index (κ1) is 17.4. The lowest BCUT2D eigenvalue weighted by atomic mass is 10.0. The molecule has 1 atom stereocenters. The second-order valence-electron chi connectivity index (χ2n) is 6.14. The Morgan fingerprint density at radius 2 is 1.95 bits per heavy atom. The molecule has 1 heterocycles. The molecule has 1 unspecified atom stereocenters. The van der Waals surface area contributed by atoms with Gasteiger partial charge >= 0.3 is 0 Å². The van der Waals surface area contributed by atoms with Gasteiger partial charge in [-0.25, -0.2) is 0 Å². The SMILES string of the molecule is CCCCCCC(C)NC1CCN(CC(=O)NC)CC1. The van der Waals surface area contributed by atoms with Gasteiger partial charge in [-0.05, 0) is 26.2 Å². The van der Waals surface area contributed by atoms with Gasteiger partial charge in [0.1, 0.15) is 0 Å². The van der Waals surface area contributed by atoms with Crippen LogP contribution in [0, 0.1) is 0 Å². The first-order chi connectivity index (χ1) is 9.65. The van der Waals surface area contributed by atoms with E-state index in [-0.39, 0.29) is 5.91 Å². The normalized spacial score (nSPS) is 18.9. The van der Waals surface area contributed by atoms with Gasteiger partial charge in [-0.1, -0.05) is 32.6 Å². The molecule has 0 aromatic rings. The zero-order chi connectivity index (χ0) is 14.8. The van der Waals surface area contributed by atoms with Crippen molar-refractivity contribution in [2.24, 2.45) is 0 Å². The zero-order valence-electron chi connectivity index (χ0n) is 13.6. The highest BCUT2D eigenvalue weighted by atomic mass is 16.1. The first-order valence-electron chi connectivity index (χ1n) is 8.34. The third kappa shape index (κ3) is 7.25. The summed E-state index contributed by atoms with van der Waals surface area (Å²) in [7, 11) is 1.71. The van der Waals surface area contributed by atoms with E-state index >= 15 is 0 Å². The molecule has 1 fully saturated rings. The fourth-order valence-electron chi connectivity index (χ4n) is 2.90. The number of rotatable bonds is 9. The smallest absolute Gasteiger partial charge is 0.233 e. The zero-order valence-corrected chi connectivity index (χ0v) is 13.6. The van der Waals surface area contributed by atoms with Crippen LogP contribution in [0.4, 0.5) is 0 Å². The van der Waals surface area contributed by atoms with Crippen molar-refractivity contribution in [2.45, 2.75) is 70.9 Å². The number of carbonyl (C=O) groups is 1. The van der Waals surface area contributed by atoms with Crippen molar-refractivity contribution in [2.75, 3.05) is 26.7 Å². The van der Waals surface area contributed by atoms with Crippen LogP contribution in [0.1, 0.15) is 58.8 Å². The topological polar surface area (TPSA) is 44.4 Å². The van der Waals surface area contributed by atoms with Crippen molar-refractivity contribution >= 4 is 5.91 Å². The fraction of sp³-hybridized carbons (Fsp3) is 0.938. The molecule has 0 aromatic heterocycles. The molecule has 20 heavy (non-hydrogen) atoms. The molecule has 1 aliphatic rings. The Bertz CT molecular complexity index is 262. The number of likely N-dealkylation sites (tertiary alicyclic amines) is 1. The minimum absolute atomic E-state index is 0.126. The molecule has 0 spiro atoms. The van der Waals surface area contributed by atoms with Crippen molar-refractivity contribution in [1.29, 1.82) is 0 Å². The van der Waals surface area contributed by atoms with Gasteiger partial charge in [-0.15, -0.1) is 0 Å². The summed E-state index contributed by atoms with van der Waals surface area (Å²) in [5.41, 5.74) is 0. The highest BCUT2D eigenvalue weighted by Crippen LogP contribution is 2.12. The number of hydrogen-bond acceptors (Lipinski definition) is 3. The molecule has 0 aliphatic carbocycles. The third-order valence-corrected chi connectivity index (χ3v) is 4.24. The molecule has 0 radical (unpaired) electrons. The second kappa shape index (κ2) is 10.2. The molecule has 0 bridgehead atoms. The first-order valence-corrected chi connectivity index (χ1v) is 8.34. The quantitative estimate of drug-likeness (QED) is 0.637. The van der Waals surface area contributed by atoms with Gasteiger partial charge in [0.2, 0.25) is 5.91 Å². The number of carbonyl (C=O) groups excluding carboxylic acids is 1. The number of hydrogen-bond donors (Lipinski definition) is 2. The van der Waals surface area contributed by atoms with Crippen molar-refractivity contribution in [3.8, 4) is 0 Å². The van der Waals surface area contributed by atoms with E-state index in [1.807, 2.05) is 0 Å². The summed E-state index contributed by atoms with van der Waals surface area (Å²) >= 11 is 0. The highest BCUT2D eigenvalue weighted by Gasteiger charge is 2.21. The van der Waals surface area contributed by atoms with Gasteiger partial charge in [0.25, 0.3) is 0 Å². The Balaban J connectivity index is 2.10. The molecule has 0 aromatic carbocycles. The van der Waals surface area contributed by atoms with Crippen LogP contribution in [0.2, 0.25) is 0 Å². The van der Waals surface area contributed by atoms with E-state index in [0.717, 1.165) is 25.9 Å². The molecule has 1 amide bonds. The van der Waals surface area contributed by atoms with Crippen LogP contribution in [0.5, 0.6) is 0 Å². The minimum atomic E-state index is 0.126. The fourth-order valence-corrected chi connectivity index (χ4v) is 2.90. The molecular weight excluding hydrogens is 250 g/mol. The van der Waals surface area contributed by atoms with E-state index < -0.39 is 0 Å². The molecule has 1 rings (SSSR count). The van der Waals surface area contributed by atoms with Crippen molar-refractivity contribution in [3.05, 3.63) is 0 Å². The van der Waals surface area contributed by atoms with Crippen LogP contribution in [0.3, 0.4) is 0 Å². The number of piperidine rings is 1. The van der Waals surface area contributed by atoms with Gasteiger partial charge in [0, 0.05) is 32.2 Å². The summed E-state index contributed by atoms with van der Waals surface area (Å²) < 4.78 is 0. The van der Waals surface area contributed by atoms with Gasteiger partial charge in [0.15, 0.2) is 0 Å². The van der Waals surface area contributed by atoms with Crippen LogP contribution in [-0.2, 0) is 4.79 Å². The molecule has 4 heteroatoms. The number of unbranched alkanes of at least 4 members (excludes halogenated alkanes) is 3. The van der Waals surface area contributed by atoms with Crippen LogP contribution < -0.4 is 10.6 Å². The predicted octanol–water partition coefficient (Wildman–Crippen LogP) is 2.15. The van der Waals surface area contributed by atoms with E-state index in [0.29, 0.717) is 18.6 Å². The van der Waals surface area contributed by atoms with Crippen molar-refractivity contribution < 1.29 is 4.79 Å². The number of likely N-dealkylation sites (N-methyl/N-ethyl adjacent to an activating group) is 1. The number of amides is 1. The highest BCUT2D eigenvalue weighted by molar-refractivity contribution is 5.77. The molecule has 4 nitrogen and oxygen atoms in total. The molecule has 0 saturated carbocycles. The molecular formula is C16H33N3O.